The van der Waals surface area contributed by atoms with Gasteiger partial charge in [0.2, 0.25) is 5.91 Å². The van der Waals surface area contributed by atoms with Crippen LogP contribution in [0, 0.1) is 12.8 Å². The molecule has 2 aromatic rings. The Hall–Kier alpha value is -2.37. The van der Waals surface area contributed by atoms with Gasteiger partial charge >= 0.3 is 0 Å². The largest absolute Gasteiger partial charge is 0.369 e. The van der Waals surface area contributed by atoms with Crippen LogP contribution in [0.5, 0.6) is 0 Å². The van der Waals surface area contributed by atoms with E-state index in [9.17, 15) is 9.59 Å². The number of carbonyl (C=O) groups is 2. The lowest BCUT2D eigenvalue weighted by atomic mass is 9.96. The summed E-state index contributed by atoms with van der Waals surface area (Å²) in [5, 5.41) is 0. The molecule has 0 unspecified atom stereocenters. The van der Waals surface area contributed by atoms with Crippen molar-refractivity contribution in [1.29, 1.82) is 0 Å². The Kier molecular flexibility index (Phi) is 4.07. The zero-order chi connectivity index (χ0) is 16.6. The van der Waals surface area contributed by atoms with Crippen LogP contribution in [0.2, 0.25) is 0 Å². The second-order valence-corrected chi connectivity index (χ2v) is 6.11. The molecule has 6 heteroatoms. The van der Waals surface area contributed by atoms with Crippen LogP contribution in [0.25, 0.3) is 5.65 Å². The van der Waals surface area contributed by atoms with Gasteiger partial charge in [-0.1, -0.05) is 6.92 Å². The highest BCUT2D eigenvalue weighted by molar-refractivity contribution is 5.94. The molecule has 0 aliphatic carbocycles. The number of rotatable bonds is 3. The fourth-order valence-corrected chi connectivity index (χ4v) is 3.22. The lowest BCUT2D eigenvalue weighted by Gasteiger charge is -2.30. The molecule has 23 heavy (non-hydrogen) atoms. The van der Waals surface area contributed by atoms with Crippen LogP contribution in [-0.4, -0.2) is 39.2 Å². The molecule has 1 saturated heterocycles. The topological polar surface area (TPSA) is 80.7 Å². The number of aromatic nitrogens is 2. The molecule has 2 amide bonds. The Labute approximate surface area is 135 Å². The first-order valence-electron chi connectivity index (χ1n) is 8.07. The molecule has 122 valence electrons. The number of imidazole rings is 1. The van der Waals surface area contributed by atoms with Crippen LogP contribution in [0.4, 0.5) is 0 Å². The summed E-state index contributed by atoms with van der Waals surface area (Å²) in [4.78, 5) is 30.3. The second kappa shape index (κ2) is 6.02. The number of pyridine rings is 1. The Morgan fingerprint density at radius 2 is 2.00 bits per heavy atom. The van der Waals surface area contributed by atoms with E-state index in [2.05, 4.69) is 11.9 Å². The molecule has 0 saturated carbocycles. The predicted molar refractivity (Wildman–Crippen MR) is 87.1 cm³/mol. The van der Waals surface area contributed by atoms with Gasteiger partial charge in [0.1, 0.15) is 5.65 Å². The van der Waals surface area contributed by atoms with Crippen LogP contribution in [0.3, 0.4) is 0 Å². The third kappa shape index (κ3) is 2.81. The first-order valence-corrected chi connectivity index (χ1v) is 8.07. The molecule has 0 atom stereocenters. The molecule has 3 rings (SSSR count). The van der Waals surface area contributed by atoms with Gasteiger partial charge in [0.05, 0.1) is 11.3 Å². The fourth-order valence-electron chi connectivity index (χ4n) is 3.22. The highest BCUT2D eigenvalue weighted by atomic mass is 16.2. The number of carbonyl (C=O) groups excluding carboxylic acids is 2. The van der Waals surface area contributed by atoms with Gasteiger partial charge in [-0.3, -0.25) is 9.59 Å². The van der Waals surface area contributed by atoms with E-state index in [0.29, 0.717) is 31.5 Å². The Morgan fingerprint density at radius 1 is 1.30 bits per heavy atom. The average molecular weight is 314 g/mol. The highest BCUT2D eigenvalue weighted by Crippen LogP contribution is 2.20. The Balaban J connectivity index is 1.81. The van der Waals surface area contributed by atoms with Gasteiger partial charge in [-0.05, 0) is 38.3 Å². The monoisotopic (exact) mass is 314 g/mol. The van der Waals surface area contributed by atoms with E-state index >= 15 is 0 Å². The fraction of sp³-hybridized carbons (Fsp3) is 0.471. The number of hydrogen-bond acceptors (Lipinski definition) is 3. The first kappa shape index (κ1) is 15.5. The minimum absolute atomic E-state index is 0.000897. The summed E-state index contributed by atoms with van der Waals surface area (Å²) in [5.74, 6) is -0.370. The smallest absolute Gasteiger partial charge is 0.255 e. The molecule has 2 N–H and O–H groups in total. The molecule has 1 aliphatic heterocycles. The van der Waals surface area contributed by atoms with Crippen molar-refractivity contribution in [1.82, 2.24) is 14.3 Å². The summed E-state index contributed by atoms with van der Waals surface area (Å²) < 4.78 is 1.97. The number of hydrogen-bond donors (Lipinski definition) is 1. The summed E-state index contributed by atoms with van der Waals surface area (Å²) in [6.45, 7) is 5.25. The molecular formula is C17H22N4O2. The third-order valence-corrected chi connectivity index (χ3v) is 4.72. The number of likely N-dealkylation sites (tertiary alicyclic amines) is 1. The van der Waals surface area contributed by atoms with E-state index in [1.165, 1.54) is 0 Å². The summed E-state index contributed by atoms with van der Waals surface area (Å²) in [6.07, 6.45) is 4.03. The van der Waals surface area contributed by atoms with Crippen molar-refractivity contribution >= 4 is 17.5 Å². The molecule has 6 nitrogen and oxygen atoms in total. The van der Waals surface area contributed by atoms with Gasteiger partial charge in [-0.25, -0.2) is 4.98 Å². The quantitative estimate of drug-likeness (QED) is 0.933. The van der Waals surface area contributed by atoms with Crippen LogP contribution < -0.4 is 5.73 Å². The zero-order valence-corrected chi connectivity index (χ0v) is 13.6. The van der Waals surface area contributed by atoms with E-state index < -0.39 is 0 Å². The van der Waals surface area contributed by atoms with Crippen LogP contribution in [-0.2, 0) is 11.2 Å². The maximum atomic E-state index is 12.7. The molecule has 2 aromatic heterocycles. The third-order valence-electron chi connectivity index (χ3n) is 4.72. The number of piperidine rings is 1. The molecule has 1 aliphatic rings. The molecule has 0 spiro atoms. The van der Waals surface area contributed by atoms with Crippen molar-refractivity contribution in [3.8, 4) is 0 Å². The number of nitrogens with two attached hydrogens (primary N) is 1. The van der Waals surface area contributed by atoms with E-state index in [4.69, 9.17) is 5.73 Å². The molecular weight excluding hydrogens is 292 g/mol. The van der Waals surface area contributed by atoms with Crippen molar-refractivity contribution < 1.29 is 9.59 Å². The van der Waals surface area contributed by atoms with Crippen molar-refractivity contribution in [3.63, 3.8) is 0 Å². The number of primary amides is 1. The average Bonchev–Trinajstić information content (AvgIpc) is 2.90. The number of fused-ring (bicyclic) bond motifs is 1. The van der Waals surface area contributed by atoms with Gasteiger partial charge in [-0.15, -0.1) is 0 Å². The first-order chi connectivity index (χ1) is 11.0. The van der Waals surface area contributed by atoms with Crippen molar-refractivity contribution in [3.05, 3.63) is 35.3 Å². The highest BCUT2D eigenvalue weighted by Gasteiger charge is 2.26. The summed E-state index contributed by atoms with van der Waals surface area (Å²) in [7, 11) is 0. The molecule has 3 heterocycles. The van der Waals surface area contributed by atoms with Gasteiger partial charge in [0.15, 0.2) is 0 Å². The predicted octanol–water partition coefficient (Wildman–Crippen LogP) is 1.54. The van der Waals surface area contributed by atoms with Crippen LogP contribution in [0.15, 0.2) is 18.3 Å². The van der Waals surface area contributed by atoms with Crippen molar-refractivity contribution in [2.75, 3.05) is 13.1 Å². The van der Waals surface area contributed by atoms with Gasteiger partial charge in [0.25, 0.3) is 5.91 Å². The summed E-state index contributed by atoms with van der Waals surface area (Å²) >= 11 is 0. The maximum absolute atomic E-state index is 12.7. The molecule has 0 radical (unpaired) electrons. The van der Waals surface area contributed by atoms with Crippen LogP contribution in [0.1, 0.15) is 41.5 Å². The minimum atomic E-state index is -0.264. The zero-order valence-electron chi connectivity index (χ0n) is 13.6. The van der Waals surface area contributed by atoms with Crippen LogP contribution >= 0.6 is 0 Å². The number of amides is 2. The minimum Gasteiger partial charge on any atom is -0.369 e. The second-order valence-electron chi connectivity index (χ2n) is 6.11. The van der Waals surface area contributed by atoms with E-state index in [1.54, 1.807) is 4.90 Å². The molecule has 0 bridgehead atoms. The number of aryl methyl sites for hydroxylation is 2. The molecule has 1 fully saturated rings. The lowest BCUT2D eigenvalue weighted by Crippen LogP contribution is -2.41. The number of nitrogens with zero attached hydrogens (tertiary/aromatic N) is 3. The van der Waals surface area contributed by atoms with E-state index in [1.807, 2.05) is 29.7 Å². The van der Waals surface area contributed by atoms with Gasteiger partial charge in [-0.2, -0.15) is 0 Å². The summed E-state index contributed by atoms with van der Waals surface area (Å²) in [6, 6.07) is 3.71. The maximum Gasteiger partial charge on any atom is 0.255 e. The Bertz CT molecular complexity index is 757. The van der Waals surface area contributed by atoms with Gasteiger partial charge in [0, 0.05) is 30.9 Å². The standard InChI is InChI=1S/C17H22N4O2/c1-3-14-11(2)21-10-13(4-5-15(21)19-14)17(23)20-8-6-12(7-9-20)16(18)22/h4-5,10,12H,3,6-9H2,1-2H3,(H2,18,22). The Morgan fingerprint density at radius 3 is 2.61 bits per heavy atom. The molecule has 0 aromatic carbocycles. The SMILES string of the molecule is CCc1nc2ccc(C(=O)N3CCC(C(N)=O)CC3)cn2c1C. The van der Waals surface area contributed by atoms with Crippen molar-refractivity contribution in [2.24, 2.45) is 11.7 Å². The lowest BCUT2D eigenvalue weighted by molar-refractivity contribution is -0.123. The van der Waals surface area contributed by atoms with Gasteiger partial charge < -0.3 is 15.0 Å². The summed E-state index contributed by atoms with van der Waals surface area (Å²) in [5.41, 5.74) is 8.98. The van der Waals surface area contributed by atoms with E-state index in [-0.39, 0.29) is 17.7 Å². The van der Waals surface area contributed by atoms with Crippen molar-refractivity contribution in [2.45, 2.75) is 33.1 Å². The normalized spacial score (nSPS) is 16.0. The van der Waals surface area contributed by atoms with E-state index in [0.717, 1.165) is 23.5 Å².